The van der Waals surface area contributed by atoms with Gasteiger partial charge in [0.05, 0.1) is 12.7 Å². The molecule has 6 nitrogen and oxygen atoms in total. The molecule has 0 fully saturated rings. The highest BCUT2D eigenvalue weighted by atomic mass is 16.5. The molecule has 0 aliphatic rings. The van der Waals surface area contributed by atoms with Crippen LogP contribution in [0.4, 0.5) is 0 Å². The number of furan rings is 1. The Morgan fingerprint density at radius 1 is 1.06 bits per heavy atom. The SMILES string of the molecule is Cc1cc(C(=O)COC(=O)Cc2coc3cc(O)ccc23)c(C)n1Cc1ccccc1. The van der Waals surface area contributed by atoms with Gasteiger partial charge in [0.15, 0.2) is 6.61 Å². The summed E-state index contributed by atoms with van der Waals surface area (Å²) in [6.45, 7) is 4.22. The van der Waals surface area contributed by atoms with Gasteiger partial charge in [-0.1, -0.05) is 30.3 Å². The number of phenols is 1. The monoisotopic (exact) mass is 417 g/mol. The molecule has 0 saturated heterocycles. The molecule has 0 amide bonds. The average Bonchev–Trinajstić information content (AvgIpc) is 3.28. The van der Waals surface area contributed by atoms with Crippen molar-refractivity contribution in [3.8, 4) is 5.75 Å². The molecule has 1 N–H and O–H groups in total. The van der Waals surface area contributed by atoms with E-state index in [1.807, 2.05) is 50.2 Å². The maximum Gasteiger partial charge on any atom is 0.310 e. The molecular weight excluding hydrogens is 394 g/mol. The number of aromatic nitrogens is 1. The molecular formula is C25H23NO5. The van der Waals surface area contributed by atoms with E-state index in [1.165, 1.54) is 18.4 Å². The molecule has 0 aliphatic heterocycles. The summed E-state index contributed by atoms with van der Waals surface area (Å²) in [6.07, 6.45) is 1.45. The summed E-state index contributed by atoms with van der Waals surface area (Å²) in [5, 5.41) is 10.2. The van der Waals surface area contributed by atoms with E-state index in [4.69, 9.17) is 9.15 Å². The van der Waals surface area contributed by atoms with Gasteiger partial charge in [-0.3, -0.25) is 9.59 Å². The lowest BCUT2D eigenvalue weighted by Gasteiger charge is -2.10. The van der Waals surface area contributed by atoms with Crippen LogP contribution in [0.15, 0.2) is 65.3 Å². The number of ketones is 1. The molecule has 4 aromatic rings. The van der Waals surface area contributed by atoms with Crippen LogP contribution in [-0.4, -0.2) is 28.0 Å². The first kappa shape index (κ1) is 20.5. The third-order valence-electron chi connectivity index (χ3n) is 5.40. The zero-order chi connectivity index (χ0) is 22.0. The van der Waals surface area contributed by atoms with Crippen LogP contribution < -0.4 is 0 Å². The zero-order valence-electron chi connectivity index (χ0n) is 17.4. The molecule has 31 heavy (non-hydrogen) atoms. The van der Waals surface area contributed by atoms with Crippen molar-refractivity contribution in [2.75, 3.05) is 6.61 Å². The molecule has 2 heterocycles. The minimum Gasteiger partial charge on any atom is -0.508 e. The lowest BCUT2D eigenvalue weighted by atomic mass is 10.1. The Morgan fingerprint density at radius 3 is 2.61 bits per heavy atom. The molecule has 0 spiro atoms. The van der Waals surface area contributed by atoms with Crippen LogP contribution in [0.1, 0.15) is 32.9 Å². The molecule has 0 radical (unpaired) electrons. The van der Waals surface area contributed by atoms with Crippen LogP contribution in [0.5, 0.6) is 5.75 Å². The molecule has 0 saturated carbocycles. The number of hydrogen-bond acceptors (Lipinski definition) is 5. The van der Waals surface area contributed by atoms with E-state index in [9.17, 15) is 14.7 Å². The fourth-order valence-corrected chi connectivity index (χ4v) is 3.73. The van der Waals surface area contributed by atoms with Gasteiger partial charge in [-0.05, 0) is 37.6 Å². The highest BCUT2D eigenvalue weighted by Crippen LogP contribution is 2.25. The third-order valence-corrected chi connectivity index (χ3v) is 5.40. The summed E-state index contributed by atoms with van der Waals surface area (Å²) in [7, 11) is 0. The average molecular weight is 417 g/mol. The van der Waals surface area contributed by atoms with Gasteiger partial charge in [0.1, 0.15) is 11.3 Å². The third kappa shape index (κ3) is 4.38. The van der Waals surface area contributed by atoms with Crippen molar-refractivity contribution in [3.05, 3.63) is 88.9 Å². The predicted octanol–water partition coefficient (Wildman–Crippen LogP) is 4.57. The molecule has 2 aromatic carbocycles. The smallest absolute Gasteiger partial charge is 0.310 e. The van der Waals surface area contributed by atoms with E-state index in [2.05, 4.69) is 4.57 Å². The van der Waals surface area contributed by atoms with Crippen LogP contribution in [0.25, 0.3) is 11.0 Å². The van der Waals surface area contributed by atoms with Crippen molar-refractivity contribution in [1.29, 1.82) is 0 Å². The molecule has 6 heteroatoms. The number of ether oxygens (including phenoxy) is 1. The quantitative estimate of drug-likeness (QED) is 0.352. The van der Waals surface area contributed by atoms with E-state index < -0.39 is 5.97 Å². The van der Waals surface area contributed by atoms with Gasteiger partial charge >= 0.3 is 5.97 Å². The van der Waals surface area contributed by atoms with E-state index >= 15 is 0 Å². The van der Waals surface area contributed by atoms with Crippen LogP contribution in [0, 0.1) is 13.8 Å². The van der Waals surface area contributed by atoms with Gasteiger partial charge in [-0.15, -0.1) is 0 Å². The second-order valence-electron chi connectivity index (χ2n) is 7.56. The van der Waals surface area contributed by atoms with Crippen LogP contribution in [0.3, 0.4) is 0 Å². The highest BCUT2D eigenvalue weighted by Gasteiger charge is 2.18. The number of fused-ring (bicyclic) bond motifs is 1. The van der Waals surface area contributed by atoms with Crippen LogP contribution in [-0.2, 0) is 22.5 Å². The molecule has 0 atom stereocenters. The van der Waals surface area contributed by atoms with Crippen molar-refractivity contribution in [2.24, 2.45) is 0 Å². The highest BCUT2D eigenvalue weighted by molar-refractivity contribution is 5.99. The lowest BCUT2D eigenvalue weighted by molar-refractivity contribution is -0.141. The maximum atomic E-state index is 12.7. The van der Waals surface area contributed by atoms with Crippen molar-refractivity contribution in [1.82, 2.24) is 4.57 Å². The molecule has 0 unspecified atom stereocenters. The fourth-order valence-electron chi connectivity index (χ4n) is 3.73. The molecule has 0 aliphatic carbocycles. The first-order valence-corrected chi connectivity index (χ1v) is 10.0. The van der Waals surface area contributed by atoms with Crippen molar-refractivity contribution in [3.63, 3.8) is 0 Å². The number of Topliss-reactive ketones (excluding diaryl/α,β-unsaturated/α-hetero) is 1. The second kappa shape index (κ2) is 8.52. The van der Waals surface area contributed by atoms with Gasteiger partial charge in [-0.2, -0.15) is 0 Å². The number of aryl methyl sites for hydroxylation is 1. The Labute approximate surface area is 179 Å². The Morgan fingerprint density at radius 2 is 1.84 bits per heavy atom. The van der Waals surface area contributed by atoms with Crippen molar-refractivity contribution >= 4 is 22.7 Å². The van der Waals surface area contributed by atoms with Gasteiger partial charge < -0.3 is 18.8 Å². The van der Waals surface area contributed by atoms with Gasteiger partial charge in [0.25, 0.3) is 0 Å². The minimum absolute atomic E-state index is 0.0158. The van der Waals surface area contributed by atoms with E-state index in [1.54, 1.807) is 6.07 Å². The first-order chi connectivity index (χ1) is 14.9. The Bertz CT molecular complexity index is 1250. The second-order valence-corrected chi connectivity index (χ2v) is 7.56. The normalized spacial score (nSPS) is 11.0. The molecule has 158 valence electrons. The molecule has 2 aromatic heterocycles. The predicted molar refractivity (Wildman–Crippen MR) is 116 cm³/mol. The number of phenolic OH excluding ortho intramolecular Hbond substituents is 1. The summed E-state index contributed by atoms with van der Waals surface area (Å²) >= 11 is 0. The molecule has 4 rings (SSSR count). The van der Waals surface area contributed by atoms with Crippen molar-refractivity contribution in [2.45, 2.75) is 26.8 Å². The number of carbonyl (C=O) groups excluding carboxylic acids is 2. The standard InChI is InChI=1S/C25H23NO5/c1-16-10-22(17(2)26(16)13-18-6-4-3-5-7-18)23(28)15-31-25(29)11-19-14-30-24-12-20(27)8-9-21(19)24/h3-10,12,14,27H,11,13,15H2,1-2H3. The number of esters is 1. The summed E-state index contributed by atoms with van der Waals surface area (Å²) in [6, 6.07) is 16.6. The number of rotatable bonds is 7. The number of benzene rings is 2. The first-order valence-electron chi connectivity index (χ1n) is 10.0. The van der Waals surface area contributed by atoms with Gasteiger partial charge in [0.2, 0.25) is 5.78 Å². The Kier molecular flexibility index (Phi) is 5.62. The largest absolute Gasteiger partial charge is 0.508 e. The minimum atomic E-state index is -0.512. The lowest BCUT2D eigenvalue weighted by Crippen LogP contribution is -2.16. The molecule has 0 bridgehead atoms. The van der Waals surface area contributed by atoms with E-state index in [0.717, 1.165) is 22.3 Å². The van der Waals surface area contributed by atoms with Crippen LogP contribution in [0.2, 0.25) is 0 Å². The summed E-state index contributed by atoms with van der Waals surface area (Å²) in [4.78, 5) is 25.0. The zero-order valence-corrected chi connectivity index (χ0v) is 17.4. The maximum absolute atomic E-state index is 12.7. The van der Waals surface area contributed by atoms with Crippen molar-refractivity contribution < 1.29 is 23.8 Å². The Hall–Kier alpha value is -3.80. The summed E-state index contributed by atoms with van der Waals surface area (Å²) in [5.74, 6) is -0.656. The summed E-state index contributed by atoms with van der Waals surface area (Å²) < 4.78 is 12.7. The number of carbonyl (C=O) groups is 2. The van der Waals surface area contributed by atoms with Crippen LogP contribution >= 0.6 is 0 Å². The Balaban J connectivity index is 1.40. The van der Waals surface area contributed by atoms with Gasteiger partial charge in [0, 0.05) is 40.5 Å². The summed E-state index contributed by atoms with van der Waals surface area (Å²) in [5.41, 5.74) is 4.67. The van der Waals surface area contributed by atoms with E-state index in [0.29, 0.717) is 23.3 Å². The number of aromatic hydroxyl groups is 1. The number of nitrogens with zero attached hydrogens (tertiary/aromatic N) is 1. The number of hydrogen-bond donors (Lipinski definition) is 1. The van der Waals surface area contributed by atoms with E-state index in [-0.39, 0.29) is 24.6 Å². The topological polar surface area (TPSA) is 81.7 Å². The fraction of sp³-hybridized carbons (Fsp3) is 0.200. The van der Waals surface area contributed by atoms with Gasteiger partial charge in [-0.25, -0.2) is 0 Å².